The summed E-state index contributed by atoms with van der Waals surface area (Å²) in [6.45, 7) is 5.70. The predicted octanol–water partition coefficient (Wildman–Crippen LogP) is 12.3. The van der Waals surface area contributed by atoms with Gasteiger partial charge in [0.15, 0.2) is 11.6 Å². The molecule has 0 bridgehead atoms. The molecule has 0 amide bonds. The number of unbranched alkanes of at least 4 members (excludes halogenated alkanes) is 22. The van der Waals surface area contributed by atoms with Crippen molar-refractivity contribution in [3.05, 3.63) is 24.3 Å². The summed E-state index contributed by atoms with van der Waals surface area (Å²) in [4.78, 5) is 29.1. The van der Waals surface area contributed by atoms with Crippen LogP contribution in [-0.2, 0) is 19.1 Å². The number of ether oxygens (including phenoxy) is 2. The van der Waals surface area contributed by atoms with Crippen molar-refractivity contribution in [3.8, 4) is 0 Å². The molecule has 1 aliphatic heterocycles. The highest BCUT2D eigenvalue weighted by Crippen LogP contribution is 2.31. The van der Waals surface area contributed by atoms with Crippen LogP contribution >= 0.6 is 0 Å². The minimum atomic E-state index is -1.67. The minimum absolute atomic E-state index is 0.162. The van der Waals surface area contributed by atoms with Crippen molar-refractivity contribution >= 4 is 11.6 Å². The molecule has 0 radical (unpaired) electrons. The van der Waals surface area contributed by atoms with Gasteiger partial charge in [-0.05, 0) is 84.7 Å². The number of hydrogen-bond donors (Lipinski definition) is 0. The maximum atomic E-state index is 13.5. The molecule has 1 atom stereocenters. The molecule has 1 heterocycles. The van der Waals surface area contributed by atoms with E-state index in [0.717, 1.165) is 64.3 Å². The Labute approximate surface area is 298 Å². The number of carbonyl (C=O) groups is 2. The molecule has 48 heavy (non-hydrogen) atoms. The average Bonchev–Trinajstić information content (AvgIpc) is 3.53. The van der Waals surface area contributed by atoms with Gasteiger partial charge in [-0.15, -0.1) is 0 Å². The Balaban J connectivity index is 2.29. The summed E-state index contributed by atoms with van der Waals surface area (Å²) in [5.74, 6) is -1.99. The maximum absolute atomic E-state index is 13.5. The zero-order valence-corrected chi connectivity index (χ0v) is 32.4. The number of allylic oxidation sites excluding steroid dienone is 4. The monoisotopic (exact) mass is 674 g/mol. The molecule has 0 N–H and O–H groups in total. The highest BCUT2D eigenvalue weighted by molar-refractivity contribution is 6.09. The SMILES string of the molecule is CCCCCCCC/C=C\CCCCCCCC(=O)C1(C(=O)CCCCCCC/C=C\CCCCCCCC)OCC(CCN(C)C)O1. The molecular weight excluding hydrogens is 594 g/mol. The maximum Gasteiger partial charge on any atom is 0.290 e. The van der Waals surface area contributed by atoms with Crippen molar-refractivity contribution in [1.82, 2.24) is 4.90 Å². The summed E-state index contributed by atoms with van der Waals surface area (Å²) in [6.07, 6.45) is 42.4. The van der Waals surface area contributed by atoms with E-state index < -0.39 is 5.79 Å². The van der Waals surface area contributed by atoms with Crippen molar-refractivity contribution in [1.29, 1.82) is 0 Å². The van der Waals surface area contributed by atoms with E-state index in [0.29, 0.717) is 19.4 Å². The molecule has 5 nitrogen and oxygen atoms in total. The highest BCUT2D eigenvalue weighted by Gasteiger charge is 2.52. The van der Waals surface area contributed by atoms with Gasteiger partial charge < -0.3 is 14.4 Å². The van der Waals surface area contributed by atoms with Gasteiger partial charge in [0.05, 0.1) is 12.7 Å². The number of rotatable bonds is 35. The van der Waals surface area contributed by atoms with Crippen LogP contribution in [0.1, 0.15) is 200 Å². The fourth-order valence-electron chi connectivity index (χ4n) is 6.55. The Kier molecular flexibility index (Phi) is 29.5. The van der Waals surface area contributed by atoms with Crippen LogP contribution < -0.4 is 0 Å². The van der Waals surface area contributed by atoms with Gasteiger partial charge in [-0.25, -0.2) is 0 Å². The Bertz CT molecular complexity index is 768. The van der Waals surface area contributed by atoms with Crippen LogP contribution in [0, 0.1) is 0 Å². The number of nitrogens with zero attached hydrogens (tertiary/aromatic N) is 1. The topological polar surface area (TPSA) is 55.8 Å². The van der Waals surface area contributed by atoms with Gasteiger partial charge in [0.25, 0.3) is 5.79 Å². The van der Waals surface area contributed by atoms with Gasteiger partial charge in [0.1, 0.15) is 0 Å². The van der Waals surface area contributed by atoms with Crippen molar-refractivity contribution in [2.45, 2.75) is 212 Å². The average molecular weight is 674 g/mol. The molecule has 0 saturated carbocycles. The minimum Gasteiger partial charge on any atom is -0.335 e. The van der Waals surface area contributed by atoms with Crippen LogP contribution in [0.15, 0.2) is 24.3 Å². The summed E-state index contributed by atoms with van der Waals surface area (Å²) in [5.41, 5.74) is 0. The van der Waals surface area contributed by atoms with Crippen LogP contribution in [0.3, 0.4) is 0 Å². The van der Waals surface area contributed by atoms with Gasteiger partial charge in [0, 0.05) is 19.4 Å². The second-order valence-corrected chi connectivity index (χ2v) is 14.8. The van der Waals surface area contributed by atoms with Gasteiger partial charge in [-0.2, -0.15) is 0 Å². The fourth-order valence-corrected chi connectivity index (χ4v) is 6.55. The van der Waals surface area contributed by atoms with Crippen LogP contribution in [-0.4, -0.2) is 55.6 Å². The third kappa shape index (κ3) is 23.2. The van der Waals surface area contributed by atoms with E-state index in [9.17, 15) is 9.59 Å². The number of hydrogen-bond acceptors (Lipinski definition) is 5. The second kappa shape index (κ2) is 31.7. The summed E-state index contributed by atoms with van der Waals surface area (Å²) < 4.78 is 12.2. The van der Waals surface area contributed by atoms with Gasteiger partial charge >= 0.3 is 0 Å². The number of ketones is 2. The van der Waals surface area contributed by atoms with Crippen LogP contribution in [0.2, 0.25) is 0 Å². The number of Topliss-reactive ketones (excluding diaryl/α,β-unsaturated/α-hetero) is 2. The second-order valence-electron chi connectivity index (χ2n) is 14.8. The lowest BCUT2D eigenvalue weighted by Gasteiger charge is -2.25. The first-order valence-corrected chi connectivity index (χ1v) is 20.8. The lowest BCUT2D eigenvalue weighted by molar-refractivity contribution is -0.191. The van der Waals surface area contributed by atoms with E-state index in [2.05, 4.69) is 43.1 Å². The molecule has 5 heteroatoms. The molecule has 280 valence electrons. The highest BCUT2D eigenvalue weighted by atomic mass is 16.8. The zero-order valence-electron chi connectivity index (χ0n) is 32.4. The molecule has 1 unspecified atom stereocenters. The molecule has 0 aliphatic carbocycles. The van der Waals surface area contributed by atoms with Gasteiger partial charge in [-0.3, -0.25) is 9.59 Å². The van der Waals surface area contributed by atoms with Gasteiger partial charge in [0.2, 0.25) is 0 Å². The molecule has 0 aromatic rings. The molecular formula is C43H79NO4. The number of carbonyl (C=O) groups excluding carboxylic acids is 2. The predicted molar refractivity (Wildman–Crippen MR) is 206 cm³/mol. The van der Waals surface area contributed by atoms with E-state index in [1.807, 2.05) is 14.1 Å². The summed E-state index contributed by atoms with van der Waals surface area (Å²) >= 11 is 0. The summed E-state index contributed by atoms with van der Waals surface area (Å²) in [5, 5.41) is 0. The van der Waals surface area contributed by atoms with Crippen molar-refractivity contribution < 1.29 is 19.1 Å². The smallest absolute Gasteiger partial charge is 0.290 e. The van der Waals surface area contributed by atoms with Crippen molar-refractivity contribution in [3.63, 3.8) is 0 Å². The third-order valence-corrected chi connectivity index (χ3v) is 9.77. The normalized spacial score (nSPS) is 16.2. The van der Waals surface area contributed by atoms with E-state index in [1.165, 1.54) is 116 Å². The molecule has 1 fully saturated rings. The van der Waals surface area contributed by atoms with Crippen LogP contribution in [0.4, 0.5) is 0 Å². The van der Waals surface area contributed by atoms with E-state index in [1.54, 1.807) is 0 Å². The molecule has 1 saturated heterocycles. The van der Waals surface area contributed by atoms with Crippen molar-refractivity contribution in [2.24, 2.45) is 0 Å². The molecule has 0 aromatic heterocycles. The Morgan fingerprint density at radius 2 is 0.917 bits per heavy atom. The quantitative estimate of drug-likeness (QED) is 0.0381. The van der Waals surface area contributed by atoms with E-state index in [-0.39, 0.29) is 17.7 Å². The zero-order chi connectivity index (χ0) is 35.0. The molecule has 1 aliphatic rings. The summed E-state index contributed by atoms with van der Waals surface area (Å²) in [6, 6.07) is 0. The first kappa shape index (κ1) is 44.7. The van der Waals surface area contributed by atoms with Gasteiger partial charge in [-0.1, -0.05) is 141 Å². The summed E-state index contributed by atoms with van der Waals surface area (Å²) in [7, 11) is 4.05. The Morgan fingerprint density at radius 1 is 0.562 bits per heavy atom. The Hall–Kier alpha value is -1.30. The Morgan fingerprint density at radius 3 is 1.29 bits per heavy atom. The van der Waals surface area contributed by atoms with E-state index in [4.69, 9.17) is 9.47 Å². The molecule has 0 aromatic carbocycles. The standard InChI is InChI=1S/C43H79NO4/c1-5-7-9-11-13-15-17-19-21-23-25-27-29-31-33-35-41(45)43(47-39-40(48-43)37-38-44(3)4)42(46)36-34-32-30-28-26-24-22-20-18-16-14-12-10-8-6-2/h19-22,40H,5-18,23-39H2,1-4H3/b21-19-,22-20-. The van der Waals surface area contributed by atoms with E-state index >= 15 is 0 Å². The molecule has 0 spiro atoms. The van der Waals surface area contributed by atoms with Crippen LogP contribution in [0.25, 0.3) is 0 Å². The van der Waals surface area contributed by atoms with Crippen molar-refractivity contribution in [2.75, 3.05) is 27.2 Å². The fraction of sp³-hybridized carbons (Fsp3) is 0.860. The first-order chi connectivity index (χ1) is 23.5. The lowest BCUT2D eigenvalue weighted by Crippen LogP contribution is -2.48. The largest absolute Gasteiger partial charge is 0.335 e. The lowest BCUT2D eigenvalue weighted by atomic mass is 9.96. The molecule has 1 rings (SSSR count). The third-order valence-electron chi connectivity index (χ3n) is 9.77. The first-order valence-electron chi connectivity index (χ1n) is 20.8. The van der Waals surface area contributed by atoms with Crippen LogP contribution in [0.5, 0.6) is 0 Å².